The molecule has 1 N–H and O–H groups in total. The zero-order valence-electron chi connectivity index (χ0n) is 11.8. The first kappa shape index (κ1) is 13.8. The summed E-state index contributed by atoms with van der Waals surface area (Å²) in [5.74, 6) is 1.88. The molecular weight excluding hydrogens is 282 g/mol. The van der Waals surface area contributed by atoms with Gasteiger partial charge in [0.05, 0.1) is 6.26 Å². The number of aromatic nitrogens is 3. The molecule has 108 valence electrons. The van der Waals surface area contributed by atoms with E-state index in [2.05, 4.69) is 21.7 Å². The molecule has 0 fully saturated rings. The fraction of sp³-hybridized carbons (Fsp3) is 0.250. The van der Waals surface area contributed by atoms with Gasteiger partial charge in [-0.2, -0.15) is 5.10 Å². The second kappa shape index (κ2) is 6.10. The summed E-state index contributed by atoms with van der Waals surface area (Å²) in [6, 6.07) is 14.3. The Morgan fingerprint density at radius 3 is 2.76 bits per heavy atom. The number of furan rings is 1. The number of aryl methyl sites for hydroxylation is 1. The fourth-order valence-electron chi connectivity index (χ4n) is 2.44. The minimum atomic E-state index is 0.247. The Morgan fingerprint density at radius 2 is 2.05 bits per heavy atom. The number of nitrogens with zero attached hydrogens (tertiary/aromatic N) is 2. The lowest BCUT2D eigenvalue weighted by atomic mass is 10.1. The molecule has 0 spiro atoms. The molecule has 0 saturated heterocycles. The highest BCUT2D eigenvalue weighted by Gasteiger charge is 2.14. The number of hydrogen-bond acceptors (Lipinski definition) is 3. The number of hydrogen-bond donors (Lipinski definition) is 1. The van der Waals surface area contributed by atoms with Gasteiger partial charge in [-0.25, -0.2) is 0 Å². The van der Waals surface area contributed by atoms with Crippen molar-refractivity contribution in [2.75, 3.05) is 0 Å². The van der Waals surface area contributed by atoms with Crippen LogP contribution in [-0.2, 0) is 6.42 Å². The Hall–Kier alpha value is -2.14. The smallest absolute Gasteiger partial charge is 0.195 e. The summed E-state index contributed by atoms with van der Waals surface area (Å²) in [6.07, 6.45) is 3.54. The van der Waals surface area contributed by atoms with Crippen molar-refractivity contribution < 1.29 is 4.42 Å². The summed E-state index contributed by atoms with van der Waals surface area (Å²) >= 11 is 5.38. The van der Waals surface area contributed by atoms with E-state index in [9.17, 15) is 0 Å². The molecule has 2 heterocycles. The summed E-state index contributed by atoms with van der Waals surface area (Å²) in [6.45, 7) is 2.15. The molecule has 5 heteroatoms. The first-order chi connectivity index (χ1) is 10.3. The Balaban J connectivity index is 1.84. The summed E-state index contributed by atoms with van der Waals surface area (Å²) in [7, 11) is 0. The maximum Gasteiger partial charge on any atom is 0.195 e. The molecule has 4 nitrogen and oxygen atoms in total. The van der Waals surface area contributed by atoms with Crippen molar-refractivity contribution in [2.45, 2.75) is 25.8 Å². The van der Waals surface area contributed by atoms with Crippen molar-refractivity contribution in [1.82, 2.24) is 14.8 Å². The summed E-state index contributed by atoms with van der Waals surface area (Å²) in [5, 5.41) is 7.28. The molecule has 0 aliphatic carbocycles. The lowest BCUT2D eigenvalue weighted by Crippen LogP contribution is -2.08. The summed E-state index contributed by atoms with van der Waals surface area (Å²) in [5.41, 5.74) is 1.06. The molecule has 1 unspecified atom stereocenters. The van der Waals surface area contributed by atoms with Crippen molar-refractivity contribution in [3.8, 4) is 11.4 Å². The van der Waals surface area contributed by atoms with Gasteiger partial charge in [0.15, 0.2) is 10.6 Å². The average Bonchev–Trinajstić information content (AvgIpc) is 3.15. The number of benzene rings is 1. The maximum atomic E-state index is 5.39. The van der Waals surface area contributed by atoms with Gasteiger partial charge >= 0.3 is 0 Å². The zero-order chi connectivity index (χ0) is 14.7. The lowest BCUT2D eigenvalue weighted by molar-refractivity contribution is 0.451. The molecule has 21 heavy (non-hydrogen) atoms. The van der Waals surface area contributed by atoms with E-state index in [0.29, 0.717) is 4.77 Å². The molecule has 0 aliphatic heterocycles. The van der Waals surface area contributed by atoms with Crippen molar-refractivity contribution in [2.24, 2.45) is 0 Å². The highest BCUT2D eigenvalue weighted by Crippen LogP contribution is 2.23. The Bertz CT molecular complexity index is 743. The topological polar surface area (TPSA) is 46.8 Å². The minimum absolute atomic E-state index is 0.247. The Labute approximate surface area is 128 Å². The van der Waals surface area contributed by atoms with E-state index in [4.69, 9.17) is 16.6 Å². The first-order valence-electron chi connectivity index (χ1n) is 7.00. The molecule has 3 aromatic rings. The van der Waals surface area contributed by atoms with Crippen LogP contribution < -0.4 is 0 Å². The van der Waals surface area contributed by atoms with E-state index in [0.717, 1.165) is 30.0 Å². The monoisotopic (exact) mass is 299 g/mol. The van der Waals surface area contributed by atoms with Crippen LogP contribution in [0, 0.1) is 4.77 Å². The average molecular weight is 299 g/mol. The molecule has 0 amide bonds. The van der Waals surface area contributed by atoms with Crippen LogP contribution in [-0.4, -0.2) is 14.8 Å². The second-order valence-electron chi connectivity index (χ2n) is 5.06. The van der Waals surface area contributed by atoms with E-state index in [1.54, 1.807) is 6.26 Å². The number of rotatable bonds is 5. The van der Waals surface area contributed by atoms with Gasteiger partial charge in [0, 0.05) is 18.0 Å². The molecule has 2 aromatic heterocycles. The highest BCUT2D eigenvalue weighted by molar-refractivity contribution is 7.71. The van der Waals surface area contributed by atoms with E-state index in [1.165, 1.54) is 0 Å². The maximum absolute atomic E-state index is 5.39. The van der Waals surface area contributed by atoms with Crippen LogP contribution in [0.1, 0.15) is 25.1 Å². The van der Waals surface area contributed by atoms with Gasteiger partial charge in [0.2, 0.25) is 0 Å². The SMILES string of the molecule is CC(CCc1ccco1)n1c(-c2ccccc2)n[nH]c1=S. The van der Waals surface area contributed by atoms with Crippen molar-refractivity contribution in [3.05, 3.63) is 59.3 Å². The minimum Gasteiger partial charge on any atom is -0.469 e. The van der Waals surface area contributed by atoms with Gasteiger partial charge in [-0.3, -0.25) is 9.67 Å². The van der Waals surface area contributed by atoms with Crippen LogP contribution in [0.3, 0.4) is 0 Å². The largest absolute Gasteiger partial charge is 0.469 e. The lowest BCUT2D eigenvalue weighted by Gasteiger charge is -2.15. The molecule has 3 rings (SSSR count). The number of H-pyrrole nitrogens is 1. The van der Waals surface area contributed by atoms with Crippen LogP contribution in [0.15, 0.2) is 53.1 Å². The molecular formula is C16H17N3OS. The Morgan fingerprint density at radius 1 is 1.24 bits per heavy atom. The van der Waals surface area contributed by atoms with Gasteiger partial charge in [-0.1, -0.05) is 30.3 Å². The van der Waals surface area contributed by atoms with E-state index < -0.39 is 0 Å². The Kier molecular flexibility index (Phi) is 4.01. The van der Waals surface area contributed by atoms with E-state index in [1.807, 2.05) is 42.5 Å². The second-order valence-corrected chi connectivity index (χ2v) is 5.44. The van der Waals surface area contributed by atoms with Crippen LogP contribution >= 0.6 is 12.2 Å². The third-order valence-corrected chi connectivity index (χ3v) is 3.85. The molecule has 0 radical (unpaired) electrons. The molecule has 0 aliphatic rings. The zero-order valence-corrected chi connectivity index (χ0v) is 12.6. The fourth-order valence-corrected chi connectivity index (χ4v) is 2.75. The third kappa shape index (κ3) is 2.97. The summed E-state index contributed by atoms with van der Waals surface area (Å²) < 4.78 is 8.12. The first-order valence-corrected chi connectivity index (χ1v) is 7.41. The van der Waals surface area contributed by atoms with Crippen LogP contribution in [0.2, 0.25) is 0 Å². The quantitative estimate of drug-likeness (QED) is 0.710. The number of aromatic amines is 1. The normalized spacial score (nSPS) is 12.4. The summed E-state index contributed by atoms with van der Waals surface area (Å²) in [4.78, 5) is 0. The van der Waals surface area contributed by atoms with Gasteiger partial charge in [-0.05, 0) is 37.7 Å². The van der Waals surface area contributed by atoms with Gasteiger partial charge in [0.25, 0.3) is 0 Å². The van der Waals surface area contributed by atoms with Crippen LogP contribution in [0.5, 0.6) is 0 Å². The van der Waals surface area contributed by atoms with Gasteiger partial charge < -0.3 is 4.42 Å². The predicted molar refractivity (Wildman–Crippen MR) is 84.6 cm³/mol. The molecule has 1 atom stereocenters. The molecule has 0 bridgehead atoms. The molecule has 1 aromatic carbocycles. The predicted octanol–water partition coefficient (Wildman–Crippen LogP) is 4.39. The van der Waals surface area contributed by atoms with Crippen LogP contribution in [0.25, 0.3) is 11.4 Å². The number of nitrogens with one attached hydrogen (secondary N) is 1. The highest BCUT2D eigenvalue weighted by atomic mass is 32.1. The van der Waals surface area contributed by atoms with Crippen LogP contribution in [0.4, 0.5) is 0 Å². The van der Waals surface area contributed by atoms with Crippen molar-refractivity contribution in [1.29, 1.82) is 0 Å². The third-order valence-electron chi connectivity index (χ3n) is 3.57. The van der Waals surface area contributed by atoms with E-state index in [-0.39, 0.29) is 6.04 Å². The van der Waals surface area contributed by atoms with Crippen molar-refractivity contribution >= 4 is 12.2 Å². The van der Waals surface area contributed by atoms with E-state index >= 15 is 0 Å². The van der Waals surface area contributed by atoms with Gasteiger partial charge in [0.1, 0.15) is 5.76 Å². The van der Waals surface area contributed by atoms with Crippen molar-refractivity contribution in [3.63, 3.8) is 0 Å². The van der Waals surface area contributed by atoms with Gasteiger partial charge in [-0.15, -0.1) is 0 Å². The molecule has 0 saturated carbocycles. The standard InChI is InChI=1S/C16H17N3OS/c1-12(9-10-14-8-5-11-20-14)19-15(17-18-16(19)21)13-6-3-2-4-7-13/h2-8,11-12H,9-10H2,1H3,(H,18,21).